The van der Waals surface area contributed by atoms with Crippen molar-refractivity contribution >= 4 is 40.5 Å². The Balaban J connectivity index is 1.62. The Bertz CT molecular complexity index is 870. The molecule has 0 fully saturated rings. The van der Waals surface area contributed by atoms with E-state index < -0.39 is 0 Å². The number of carbonyl (C=O) groups is 1. The Labute approximate surface area is 155 Å². The van der Waals surface area contributed by atoms with Gasteiger partial charge >= 0.3 is 0 Å². The summed E-state index contributed by atoms with van der Waals surface area (Å²) in [5.74, 6) is -0.262. The predicted molar refractivity (Wildman–Crippen MR) is 99.4 cm³/mol. The first-order valence-electron chi connectivity index (χ1n) is 7.48. The number of anilines is 2. The molecule has 2 N–H and O–H groups in total. The number of amides is 1. The van der Waals surface area contributed by atoms with Crippen LogP contribution in [-0.2, 0) is 6.54 Å². The first-order chi connectivity index (χ1) is 12.1. The smallest absolute Gasteiger partial charge is 0.270 e. The van der Waals surface area contributed by atoms with E-state index in [0.29, 0.717) is 33.7 Å². The summed E-state index contributed by atoms with van der Waals surface area (Å²) in [6.07, 6.45) is 3.25. The summed E-state index contributed by atoms with van der Waals surface area (Å²) >= 11 is 12.0. The average molecular weight is 373 g/mol. The van der Waals surface area contributed by atoms with E-state index in [9.17, 15) is 4.79 Å². The zero-order valence-corrected chi connectivity index (χ0v) is 14.6. The molecule has 2 aromatic heterocycles. The SMILES string of the molecule is O=C(NCc1ccccn1)c1ccc(Nc2ccc(Cl)cc2Cl)cn1. The third-order valence-corrected chi connectivity index (χ3v) is 3.91. The van der Waals surface area contributed by atoms with Crippen LogP contribution in [0.5, 0.6) is 0 Å². The lowest BCUT2D eigenvalue weighted by Gasteiger charge is -2.09. The summed E-state index contributed by atoms with van der Waals surface area (Å²) in [7, 11) is 0. The van der Waals surface area contributed by atoms with Crippen molar-refractivity contribution in [3.05, 3.63) is 82.4 Å². The van der Waals surface area contributed by atoms with Crippen LogP contribution < -0.4 is 10.6 Å². The van der Waals surface area contributed by atoms with Crippen molar-refractivity contribution in [1.29, 1.82) is 0 Å². The second-order valence-corrected chi connectivity index (χ2v) is 6.03. The van der Waals surface area contributed by atoms with Crippen molar-refractivity contribution in [3.8, 4) is 0 Å². The van der Waals surface area contributed by atoms with Gasteiger partial charge < -0.3 is 10.6 Å². The number of rotatable bonds is 5. The van der Waals surface area contributed by atoms with Gasteiger partial charge in [-0.05, 0) is 42.5 Å². The molecule has 3 aromatic rings. The average Bonchev–Trinajstić information content (AvgIpc) is 2.63. The zero-order valence-electron chi connectivity index (χ0n) is 13.0. The van der Waals surface area contributed by atoms with Gasteiger partial charge in [0.2, 0.25) is 0 Å². The van der Waals surface area contributed by atoms with E-state index in [1.54, 1.807) is 42.7 Å². The quantitative estimate of drug-likeness (QED) is 0.693. The second kappa shape index (κ2) is 7.96. The molecule has 0 aliphatic carbocycles. The van der Waals surface area contributed by atoms with Crippen LogP contribution in [-0.4, -0.2) is 15.9 Å². The Morgan fingerprint density at radius 2 is 1.92 bits per heavy atom. The second-order valence-electron chi connectivity index (χ2n) is 5.19. The van der Waals surface area contributed by atoms with Crippen molar-refractivity contribution in [3.63, 3.8) is 0 Å². The molecule has 25 heavy (non-hydrogen) atoms. The Morgan fingerprint density at radius 3 is 2.60 bits per heavy atom. The van der Waals surface area contributed by atoms with Gasteiger partial charge in [-0.25, -0.2) is 4.98 Å². The van der Waals surface area contributed by atoms with Gasteiger partial charge in [-0.15, -0.1) is 0 Å². The highest BCUT2D eigenvalue weighted by atomic mass is 35.5. The number of nitrogens with zero attached hydrogens (tertiary/aromatic N) is 2. The fourth-order valence-corrected chi connectivity index (χ4v) is 2.57. The lowest BCUT2D eigenvalue weighted by Crippen LogP contribution is -2.24. The van der Waals surface area contributed by atoms with Crippen LogP contribution in [0.15, 0.2) is 60.9 Å². The molecule has 0 atom stereocenters. The van der Waals surface area contributed by atoms with Gasteiger partial charge in [0.25, 0.3) is 5.91 Å². The molecule has 0 saturated carbocycles. The molecular formula is C18H14Cl2N4O. The molecule has 2 heterocycles. The topological polar surface area (TPSA) is 66.9 Å². The van der Waals surface area contributed by atoms with Crippen LogP contribution >= 0.6 is 23.2 Å². The molecule has 5 nitrogen and oxygen atoms in total. The fourth-order valence-electron chi connectivity index (χ4n) is 2.11. The molecule has 0 bridgehead atoms. The standard InChI is InChI=1S/C18H14Cl2N4O/c19-12-4-6-16(15(20)9-12)24-14-5-7-17(22-11-14)18(25)23-10-13-3-1-2-8-21-13/h1-9,11,24H,10H2,(H,23,25). The van der Waals surface area contributed by atoms with Gasteiger partial charge in [-0.3, -0.25) is 9.78 Å². The van der Waals surface area contributed by atoms with Gasteiger partial charge in [0.1, 0.15) is 5.69 Å². The van der Waals surface area contributed by atoms with Crippen LogP contribution in [0.4, 0.5) is 11.4 Å². The maximum Gasteiger partial charge on any atom is 0.270 e. The third-order valence-electron chi connectivity index (χ3n) is 3.36. The molecule has 126 valence electrons. The molecular weight excluding hydrogens is 359 g/mol. The van der Waals surface area contributed by atoms with Gasteiger partial charge in [0, 0.05) is 11.2 Å². The number of halogens is 2. The molecule has 0 radical (unpaired) electrons. The minimum Gasteiger partial charge on any atom is -0.353 e. The maximum absolute atomic E-state index is 12.1. The van der Waals surface area contributed by atoms with Crippen molar-refractivity contribution < 1.29 is 4.79 Å². The highest BCUT2D eigenvalue weighted by molar-refractivity contribution is 6.36. The van der Waals surface area contributed by atoms with Crippen LogP contribution in [0, 0.1) is 0 Å². The number of hydrogen-bond donors (Lipinski definition) is 2. The lowest BCUT2D eigenvalue weighted by molar-refractivity contribution is 0.0945. The zero-order chi connectivity index (χ0) is 17.6. The van der Waals surface area contributed by atoms with Gasteiger partial charge in [0.05, 0.1) is 34.8 Å². The number of carbonyl (C=O) groups excluding carboxylic acids is 1. The van der Waals surface area contributed by atoms with Gasteiger partial charge in [-0.1, -0.05) is 29.3 Å². The minimum atomic E-state index is -0.262. The normalized spacial score (nSPS) is 10.3. The maximum atomic E-state index is 12.1. The molecule has 7 heteroatoms. The largest absolute Gasteiger partial charge is 0.353 e. The number of benzene rings is 1. The summed E-state index contributed by atoms with van der Waals surface area (Å²) in [6.45, 7) is 0.349. The minimum absolute atomic E-state index is 0.262. The summed E-state index contributed by atoms with van der Waals surface area (Å²) in [4.78, 5) is 20.4. The predicted octanol–water partition coefficient (Wildman–Crippen LogP) is 4.46. The van der Waals surface area contributed by atoms with E-state index in [-0.39, 0.29) is 5.91 Å². The molecule has 0 spiro atoms. The molecule has 0 aliphatic heterocycles. The molecule has 1 aromatic carbocycles. The first-order valence-corrected chi connectivity index (χ1v) is 8.23. The highest BCUT2D eigenvalue weighted by Crippen LogP contribution is 2.27. The van der Waals surface area contributed by atoms with E-state index in [4.69, 9.17) is 23.2 Å². The van der Waals surface area contributed by atoms with Gasteiger partial charge in [-0.2, -0.15) is 0 Å². The van der Waals surface area contributed by atoms with Crippen LogP contribution in [0.25, 0.3) is 0 Å². The third kappa shape index (κ3) is 4.68. The molecule has 3 rings (SSSR count). The van der Waals surface area contributed by atoms with Crippen LogP contribution in [0.3, 0.4) is 0 Å². The molecule has 0 saturated heterocycles. The lowest BCUT2D eigenvalue weighted by atomic mass is 10.2. The summed E-state index contributed by atoms with van der Waals surface area (Å²) in [6, 6.07) is 14.1. The van der Waals surface area contributed by atoms with E-state index >= 15 is 0 Å². The van der Waals surface area contributed by atoms with Crippen molar-refractivity contribution in [2.75, 3.05) is 5.32 Å². The van der Waals surface area contributed by atoms with Crippen LogP contribution in [0.2, 0.25) is 10.0 Å². The number of nitrogens with one attached hydrogen (secondary N) is 2. The number of hydrogen-bond acceptors (Lipinski definition) is 4. The number of pyridine rings is 2. The fraction of sp³-hybridized carbons (Fsp3) is 0.0556. The van der Waals surface area contributed by atoms with E-state index in [2.05, 4.69) is 20.6 Å². The summed E-state index contributed by atoms with van der Waals surface area (Å²) in [5.41, 5.74) is 2.53. The first kappa shape index (κ1) is 17.2. The van der Waals surface area contributed by atoms with Crippen LogP contribution in [0.1, 0.15) is 16.2 Å². The Hall–Kier alpha value is -2.63. The molecule has 1 amide bonds. The Morgan fingerprint density at radius 1 is 1.04 bits per heavy atom. The van der Waals surface area contributed by atoms with Crippen molar-refractivity contribution in [2.24, 2.45) is 0 Å². The van der Waals surface area contributed by atoms with E-state index in [0.717, 1.165) is 5.69 Å². The van der Waals surface area contributed by atoms with Crippen molar-refractivity contribution in [1.82, 2.24) is 15.3 Å². The van der Waals surface area contributed by atoms with E-state index in [1.165, 1.54) is 0 Å². The summed E-state index contributed by atoms with van der Waals surface area (Å²) in [5, 5.41) is 6.98. The molecule has 0 unspecified atom stereocenters. The van der Waals surface area contributed by atoms with Crippen molar-refractivity contribution in [2.45, 2.75) is 6.54 Å². The summed E-state index contributed by atoms with van der Waals surface area (Å²) < 4.78 is 0. The van der Waals surface area contributed by atoms with Gasteiger partial charge in [0.15, 0.2) is 0 Å². The molecule has 0 aliphatic rings. The Kier molecular flexibility index (Phi) is 5.48. The van der Waals surface area contributed by atoms with E-state index in [1.807, 2.05) is 18.2 Å². The number of aromatic nitrogens is 2. The monoisotopic (exact) mass is 372 g/mol. The highest BCUT2D eigenvalue weighted by Gasteiger charge is 2.08.